The lowest BCUT2D eigenvalue weighted by Crippen LogP contribution is -2.32. The molecule has 0 atom stereocenters. The summed E-state index contributed by atoms with van der Waals surface area (Å²) in [5, 5.41) is 0. The van der Waals surface area contributed by atoms with Gasteiger partial charge in [-0.2, -0.15) is 0 Å². The predicted octanol–water partition coefficient (Wildman–Crippen LogP) is 1.39. The zero-order valence-electron chi connectivity index (χ0n) is 13.1. The average Bonchev–Trinajstić information content (AvgIpc) is 2.24. The van der Waals surface area contributed by atoms with Crippen molar-refractivity contribution in [1.29, 1.82) is 0 Å². The van der Waals surface area contributed by atoms with Crippen molar-refractivity contribution in [3.05, 3.63) is 23.3 Å². The van der Waals surface area contributed by atoms with Crippen LogP contribution in [0.15, 0.2) is 17.0 Å². The minimum atomic E-state index is -3.68. The van der Waals surface area contributed by atoms with Crippen LogP contribution in [0, 0.1) is 13.8 Å². The van der Waals surface area contributed by atoms with Crippen LogP contribution in [0.25, 0.3) is 0 Å². The van der Waals surface area contributed by atoms with Crippen molar-refractivity contribution >= 4 is 25.7 Å². The number of benzene rings is 1. The Labute approximate surface area is 127 Å². The van der Waals surface area contributed by atoms with Crippen LogP contribution in [-0.2, 0) is 20.0 Å². The standard InChI is InChI=1S/C13H22N2O4S2/c1-9(2)14-21(18,19)12-8-7-10(3)13(11(12)4)15(5)20(6,16)17/h7-9,14H,1-6H3. The maximum absolute atomic E-state index is 12.3. The van der Waals surface area contributed by atoms with Gasteiger partial charge in [-0.15, -0.1) is 0 Å². The minimum Gasteiger partial charge on any atom is -0.273 e. The molecule has 8 heteroatoms. The van der Waals surface area contributed by atoms with Gasteiger partial charge in [0.15, 0.2) is 0 Å². The van der Waals surface area contributed by atoms with Gasteiger partial charge in [0.2, 0.25) is 20.0 Å². The second kappa shape index (κ2) is 5.94. The van der Waals surface area contributed by atoms with Crippen LogP contribution in [0.4, 0.5) is 5.69 Å². The summed E-state index contributed by atoms with van der Waals surface area (Å²) in [5.74, 6) is 0. The van der Waals surface area contributed by atoms with E-state index in [4.69, 9.17) is 0 Å². The number of sulfonamides is 2. The smallest absolute Gasteiger partial charge is 0.241 e. The Balaban J connectivity index is 3.56. The third-order valence-electron chi connectivity index (χ3n) is 3.08. The molecule has 120 valence electrons. The lowest BCUT2D eigenvalue weighted by Gasteiger charge is -2.23. The zero-order chi connectivity index (χ0) is 16.6. The molecule has 0 spiro atoms. The Morgan fingerprint density at radius 2 is 1.62 bits per heavy atom. The molecular formula is C13H22N2O4S2. The number of nitrogens with zero attached hydrogens (tertiary/aromatic N) is 1. The highest BCUT2D eigenvalue weighted by molar-refractivity contribution is 7.92. The van der Waals surface area contributed by atoms with Crippen LogP contribution < -0.4 is 9.03 Å². The van der Waals surface area contributed by atoms with Crippen LogP contribution in [0.2, 0.25) is 0 Å². The van der Waals surface area contributed by atoms with Gasteiger partial charge in [0.25, 0.3) is 0 Å². The largest absolute Gasteiger partial charge is 0.273 e. The van der Waals surface area contributed by atoms with Crippen molar-refractivity contribution in [1.82, 2.24) is 4.72 Å². The summed E-state index contributed by atoms with van der Waals surface area (Å²) in [7, 11) is -5.73. The lowest BCUT2D eigenvalue weighted by molar-refractivity contribution is 0.569. The number of rotatable bonds is 5. The molecule has 0 heterocycles. The van der Waals surface area contributed by atoms with Crippen molar-refractivity contribution in [2.24, 2.45) is 0 Å². The molecule has 21 heavy (non-hydrogen) atoms. The minimum absolute atomic E-state index is 0.0901. The molecule has 0 aliphatic heterocycles. The molecule has 1 aromatic rings. The highest BCUT2D eigenvalue weighted by Crippen LogP contribution is 2.30. The third-order valence-corrected chi connectivity index (χ3v) is 6.06. The molecule has 0 amide bonds. The van der Waals surface area contributed by atoms with E-state index >= 15 is 0 Å². The molecule has 0 saturated heterocycles. The van der Waals surface area contributed by atoms with Crippen LogP contribution in [0.3, 0.4) is 0 Å². The van der Waals surface area contributed by atoms with E-state index in [0.717, 1.165) is 10.6 Å². The summed E-state index contributed by atoms with van der Waals surface area (Å²) < 4.78 is 51.7. The van der Waals surface area contributed by atoms with E-state index in [0.29, 0.717) is 16.8 Å². The van der Waals surface area contributed by atoms with Crippen LogP contribution in [-0.4, -0.2) is 36.2 Å². The maximum Gasteiger partial charge on any atom is 0.241 e. The van der Waals surface area contributed by atoms with E-state index in [9.17, 15) is 16.8 Å². The summed E-state index contributed by atoms with van der Waals surface area (Å²) in [5.41, 5.74) is 1.50. The Kier molecular flexibility index (Phi) is 5.07. The highest BCUT2D eigenvalue weighted by Gasteiger charge is 2.24. The first-order chi connectivity index (χ1) is 9.38. The van der Waals surface area contributed by atoms with Gasteiger partial charge in [0, 0.05) is 13.1 Å². The van der Waals surface area contributed by atoms with Gasteiger partial charge < -0.3 is 0 Å². The fraction of sp³-hybridized carbons (Fsp3) is 0.538. The van der Waals surface area contributed by atoms with Crippen molar-refractivity contribution in [3.63, 3.8) is 0 Å². The average molecular weight is 334 g/mol. The molecule has 0 aromatic heterocycles. The van der Waals surface area contributed by atoms with E-state index < -0.39 is 20.0 Å². The topological polar surface area (TPSA) is 83.6 Å². The van der Waals surface area contributed by atoms with E-state index in [1.54, 1.807) is 33.8 Å². The molecule has 0 fully saturated rings. The summed E-state index contributed by atoms with van der Waals surface area (Å²) >= 11 is 0. The van der Waals surface area contributed by atoms with Crippen LogP contribution >= 0.6 is 0 Å². The van der Waals surface area contributed by atoms with Gasteiger partial charge in [-0.25, -0.2) is 21.6 Å². The molecule has 0 radical (unpaired) electrons. The lowest BCUT2D eigenvalue weighted by atomic mass is 10.1. The molecular weight excluding hydrogens is 312 g/mol. The maximum atomic E-state index is 12.3. The van der Waals surface area contributed by atoms with Crippen molar-refractivity contribution in [2.45, 2.75) is 38.6 Å². The molecule has 0 bridgehead atoms. The highest BCUT2D eigenvalue weighted by atomic mass is 32.2. The monoisotopic (exact) mass is 334 g/mol. The number of nitrogens with one attached hydrogen (secondary N) is 1. The first kappa shape index (κ1) is 17.9. The van der Waals surface area contributed by atoms with Gasteiger partial charge in [-0.05, 0) is 44.9 Å². The van der Waals surface area contributed by atoms with E-state index in [-0.39, 0.29) is 10.9 Å². The van der Waals surface area contributed by atoms with Crippen molar-refractivity contribution in [2.75, 3.05) is 17.6 Å². The predicted molar refractivity (Wildman–Crippen MR) is 84.6 cm³/mol. The Hall–Kier alpha value is -1.12. The van der Waals surface area contributed by atoms with Crippen molar-refractivity contribution < 1.29 is 16.8 Å². The second-order valence-corrected chi connectivity index (χ2v) is 9.06. The fourth-order valence-electron chi connectivity index (χ4n) is 2.13. The fourth-order valence-corrected chi connectivity index (χ4v) is 4.24. The van der Waals surface area contributed by atoms with Gasteiger partial charge in [-0.3, -0.25) is 4.31 Å². The van der Waals surface area contributed by atoms with E-state index in [1.165, 1.54) is 13.1 Å². The van der Waals surface area contributed by atoms with Crippen molar-refractivity contribution in [3.8, 4) is 0 Å². The van der Waals surface area contributed by atoms with E-state index in [2.05, 4.69) is 4.72 Å². The molecule has 1 rings (SSSR count). The molecule has 0 aliphatic carbocycles. The van der Waals surface area contributed by atoms with E-state index in [1.807, 2.05) is 0 Å². The first-order valence-electron chi connectivity index (χ1n) is 6.44. The van der Waals surface area contributed by atoms with Crippen LogP contribution in [0.1, 0.15) is 25.0 Å². The summed E-state index contributed by atoms with van der Waals surface area (Å²) in [6.45, 7) is 6.81. The van der Waals surface area contributed by atoms with Gasteiger partial charge >= 0.3 is 0 Å². The van der Waals surface area contributed by atoms with Crippen LogP contribution in [0.5, 0.6) is 0 Å². The summed E-state index contributed by atoms with van der Waals surface area (Å²) in [4.78, 5) is 0.0901. The normalized spacial score (nSPS) is 12.7. The number of anilines is 1. The van der Waals surface area contributed by atoms with Gasteiger partial charge in [0.1, 0.15) is 0 Å². The SMILES string of the molecule is Cc1ccc(S(=O)(=O)NC(C)C)c(C)c1N(C)S(C)(=O)=O. The summed E-state index contributed by atoms with van der Waals surface area (Å²) in [6, 6.07) is 2.86. The number of hydrogen-bond acceptors (Lipinski definition) is 4. The Morgan fingerprint density at radius 1 is 1.10 bits per heavy atom. The molecule has 1 aromatic carbocycles. The molecule has 6 nitrogen and oxygen atoms in total. The number of aryl methyl sites for hydroxylation is 1. The molecule has 0 unspecified atom stereocenters. The molecule has 1 N–H and O–H groups in total. The molecule has 0 aliphatic rings. The first-order valence-corrected chi connectivity index (χ1v) is 9.77. The number of hydrogen-bond donors (Lipinski definition) is 1. The Morgan fingerprint density at radius 3 is 2.05 bits per heavy atom. The zero-order valence-corrected chi connectivity index (χ0v) is 14.8. The second-order valence-electron chi connectivity index (χ2n) is 5.36. The summed E-state index contributed by atoms with van der Waals surface area (Å²) in [6.07, 6.45) is 1.08. The quantitative estimate of drug-likeness (QED) is 0.882. The van der Waals surface area contributed by atoms with Gasteiger partial charge in [0.05, 0.1) is 16.8 Å². The Bertz CT molecular complexity index is 738. The third kappa shape index (κ3) is 3.96. The van der Waals surface area contributed by atoms with Gasteiger partial charge in [-0.1, -0.05) is 6.07 Å². The molecule has 0 saturated carbocycles.